The summed E-state index contributed by atoms with van der Waals surface area (Å²) < 4.78 is 8.86. The average molecular weight is 576 g/mol. The van der Waals surface area contributed by atoms with Crippen LogP contribution in [0.15, 0.2) is 120 Å². The molecule has 210 valence electrons. The predicted molar refractivity (Wildman–Crippen MR) is 182 cm³/mol. The standard InChI is InChI=1S/C41H25N3O/c1-41(2)33-10-6-4-9-30(33)39-34(41)17-16-29-32-21-25(13-19-38(32)45-40(29)39)27-15-12-24(23-42)20-37(27)44-35-11-7-5-8-28(35)31-22-26(43-3)14-18-36(31)44/h4-22H,1-2H3. The number of hydrogen-bond acceptors (Lipinski definition) is 2. The summed E-state index contributed by atoms with van der Waals surface area (Å²) in [7, 11) is 0. The van der Waals surface area contributed by atoms with Crippen LogP contribution in [0.2, 0.25) is 0 Å². The first-order valence-electron chi connectivity index (χ1n) is 15.0. The summed E-state index contributed by atoms with van der Waals surface area (Å²) in [6, 6.07) is 41.8. The molecule has 0 unspecified atom stereocenters. The molecule has 6 aromatic carbocycles. The first kappa shape index (κ1) is 25.4. The van der Waals surface area contributed by atoms with Gasteiger partial charge in [-0.05, 0) is 70.1 Å². The molecule has 0 saturated heterocycles. The number of aromatic nitrogens is 1. The van der Waals surface area contributed by atoms with Crippen molar-refractivity contribution in [3.05, 3.63) is 143 Å². The van der Waals surface area contributed by atoms with Crippen molar-refractivity contribution < 1.29 is 4.42 Å². The van der Waals surface area contributed by atoms with Crippen LogP contribution in [0.4, 0.5) is 5.69 Å². The molecule has 2 heterocycles. The minimum Gasteiger partial charge on any atom is -0.455 e. The lowest BCUT2D eigenvalue weighted by Crippen LogP contribution is -2.14. The van der Waals surface area contributed by atoms with E-state index in [9.17, 15) is 5.26 Å². The van der Waals surface area contributed by atoms with Gasteiger partial charge in [0.2, 0.25) is 0 Å². The van der Waals surface area contributed by atoms with E-state index in [1.54, 1.807) is 0 Å². The maximum atomic E-state index is 9.93. The second kappa shape index (κ2) is 8.96. The van der Waals surface area contributed by atoms with E-state index in [2.05, 4.69) is 96.1 Å². The van der Waals surface area contributed by atoms with Gasteiger partial charge in [0.15, 0.2) is 5.69 Å². The van der Waals surface area contributed by atoms with Gasteiger partial charge in [-0.3, -0.25) is 0 Å². The van der Waals surface area contributed by atoms with Gasteiger partial charge >= 0.3 is 0 Å². The van der Waals surface area contributed by atoms with Gasteiger partial charge in [-0.15, -0.1) is 0 Å². The molecular formula is C41H25N3O. The van der Waals surface area contributed by atoms with Crippen molar-refractivity contribution in [2.45, 2.75) is 19.3 Å². The molecule has 8 aromatic rings. The van der Waals surface area contributed by atoms with E-state index in [0.29, 0.717) is 11.3 Å². The van der Waals surface area contributed by atoms with Crippen LogP contribution in [0.25, 0.3) is 76.5 Å². The highest BCUT2D eigenvalue weighted by Crippen LogP contribution is 2.52. The fraction of sp³-hybridized carbons (Fsp3) is 0.0732. The molecular weight excluding hydrogens is 550 g/mol. The molecule has 4 nitrogen and oxygen atoms in total. The molecule has 0 fully saturated rings. The molecule has 0 atom stereocenters. The number of fused-ring (bicyclic) bond motifs is 10. The summed E-state index contributed by atoms with van der Waals surface area (Å²) in [5.74, 6) is 0. The highest BCUT2D eigenvalue weighted by atomic mass is 16.3. The van der Waals surface area contributed by atoms with Gasteiger partial charge in [-0.2, -0.15) is 5.26 Å². The number of rotatable bonds is 2. The van der Waals surface area contributed by atoms with Crippen molar-refractivity contribution in [2.75, 3.05) is 0 Å². The Hall–Kier alpha value is -6.10. The van der Waals surface area contributed by atoms with Gasteiger partial charge in [-0.1, -0.05) is 86.6 Å². The van der Waals surface area contributed by atoms with Crippen LogP contribution >= 0.6 is 0 Å². The van der Waals surface area contributed by atoms with Crippen LogP contribution in [0.3, 0.4) is 0 Å². The number of hydrogen-bond donors (Lipinski definition) is 0. The highest BCUT2D eigenvalue weighted by Gasteiger charge is 2.37. The Morgan fingerprint density at radius 2 is 1.53 bits per heavy atom. The zero-order valence-electron chi connectivity index (χ0n) is 24.7. The monoisotopic (exact) mass is 575 g/mol. The SMILES string of the molecule is [C-]#[N+]c1ccc2c(c1)c1ccccc1n2-c1cc(C#N)ccc1-c1ccc2oc3c4c(ccc3c2c1)C(C)(C)c1ccccc1-4. The minimum atomic E-state index is -0.0977. The zero-order valence-corrected chi connectivity index (χ0v) is 24.7. The lowest BCUT2D eigenvalue weighted by Gasteiger charge is -2.21. The number of nitriles is 1. The smallest absolute Gasteiger partial charge is 0.188 e. The molecule has 45 heavy (non-hydrogen) atoms. The van der Waals surface area contributed by atoms with Crippen molar-refractivity contribution in [1.82, 2.24) is 4.57 Å². The summed E-state index contributed by atoms with van der Waals surface area (Å²) in [5.41, 5.74) is 12.9. The third-order valence-electron chi connectivity index (χ3n) is 9.65. The largest absolute Gasteiger partial charge is 0.455 e. The van der Waals surface area contributed by atoms with E-state index in [4.69, 9.17) is 11.0 Å². The Kier molecular flexibility index (Phi) is 5.06. The maximum absolute atomic E-state index is 9.93. The second-order valence-electron chi connectivity index (χ2n) is 12.4. The van der Waals surface area contributed by atoms with Crippen molar-refractivity contribution >= 4 is 49.4 Å². The lowest BCUT2D eigenvalue weighted by atomic mass is 9.82. The Balaban J connectivity index is 1.31. The molecule has 4 heteroatoms. The van der Waals surface area contributed by atoms with Crippen molar-refractivity contribution in [3.63, 3.8) is 0 Å². The number of para-hydroxylation sites is 1. The fourth-order valence-corrected chi connectivity index (χ4v) is 7.51. The summed E-state index contributed by atoms with van der Waals surface area (Å²) in [4.78, 5) is 3.68. The quantitative estimate of drug-likeness (QED) is 0.193. The summed E-state index contributed by atoms with van der Waals surface area (Å²) in [6.07, 6.45) is 0. The molecule has 0 spiro atoms. The van der Waals surface area contributed by atoms with Gasteiger partial charge in [0.25, 0.3) is 0 Å². The average Bonchev–Trinajstić information content (AvgIpc) is 3.69. The van der Waals surface area contributed by atoms with Crippen molar-refractivity contribution in [1.29, 1.82) is 5.26 Å². The molecule has 0 bridgehead atoms. The van der Waals surface area contributed by atoms with E-state index >= 15 is 0 Å². The zero-order chi connectivity index (χ0) is 30.4. The lowest BCUT2D eigenvalue weighted by molar-refractivity contribution is 0.653. The summed E-state index contributed by atoms with van der Waals surface area (Å²) in [6.45, 7) is 12.1. The molecule has 1 aliphatic rings. The molecule has 0 aliphatic heterocycles. The van der Waals surface area contributed by atoms with Crippen LogP contribution < -0.4 is 0 Å². The first-order valence-corrected chi connectivity index (χ1v) is 15.0. The Bertz CT molecular complexity index is 2650. The molecule has 0 amide bonds. The number of nitrogens with zero attached hydrogens (tertiary/aromatic N) is 3. The van der Waals surface area contributed by atoms with Crippen LogP contribution in [0, 0.1) is 17.9 Å². The third kappa shape index (κ3) is 3.40. The van der Waals surface area contributed by atoms with Gasteiger partial charge < -0.3 is 8.98 Å². The highest BCUT2D eigenvalue weighted by molar-refractivity contribution is 6.13. The molecule has 0 saturated carbocycles. The van der Waals surface area contributed by atoms with E-state index in [1.165, 1.54) is 22.3 Å². The van der Waals surface area contributed by atoms with E-state index in [-0.39, 0.29) is 5.41 Å². The van der Waals surface area contributed by atoms with Gasteiger partial charge in [0.1, 0.15) is 11.2 Å². The molecule has 0 N–H and O–H groups in total. The summed E-state index contributed by atoms with van der Waals surface area (Å²) in [5, 5.41) is 14.2. The number of benzene rings is 6. The molecule has 2 aromatic heterocycles. The molecule has 9 rings (SSSR count). The van der Waals surface area contributed by atoms with E-state index in [1.807, 2.05) is 48.5 Å². The third-order valence-corrected chi connectivity index (χ3v) is 9.65. The van der Waals surface area contributed by atoms with Crippen LogP contribution in [-0.4, -0.2) is 4.57 Å². The van der Waals surface area contributed by atoms with Crippen LogP contribution in [0.5, 0.6) is 0 Å². The van der Waals surface area contributed by atoms with Gasteiger partial charge in [-0.25, -0.2) is 4.85 Å². The Labute approximate surface area is 259 Å². The van der Waals surface area contributed by atoms with E-state index in [0.717, 1.165) is 60.6 Å². The fourth-order valence-electron chi connectivity index (χ4n) is 7.51. The topological polar surface area (TPSA) is 46.2 Å². The summed E-state index contributed by atoms with van der Waals surface area (Å²) >= 11 is 0. The minimum absolute atomic E-state index is 0.0977. The molecule has 1 aliphatic carbocycles. The Morgan fingerprint density at radius 3 is 2.40 bits per heavy atom. The normalized spacial score (nSPS) is 13.2. The number of furan rings is 1. The van der Waals surface area contributed by atoms with Crippen LogP contribution in [-0.2, 0) is 5.41 Å². The Morgan fingerprint density at radius 1 is 0.711 bits per heavy atom. The first-order chi connectivity index (χ1) is 22.0. The van der Waals surface area contributed by atoms with Gasteiger partial charge in [0.05, 0.1) is 34.9 Å². The maximum Gasteiger partial charge on any atom is 0.188 e. The van der Waals surface area contributed by atoms with Crippen molar-refractivity contribution in [2.24, 2.45) is 0 Å². The predicted octanol–water partition coefficient (Wildman–Crippen LogP) is 11.1. The van der Waals surface area contributed by atoms with Gasteiger partial charge in [0, 0.05) is 32.7 Å². The van der Waals surface area contributed by atoms with Crippen molar-refractivity contribution in [3.8, 4) is 34.0 Å². The van der Waals surface area contributed by atoms with E-state index < -0.39 is 0 Å². The second-order valence-corrected chi connectivity index (χ2v) is 12.4. The van der Waals surface area contributed by atoms with Crippen LogP contribution in [0.1, 0.15) is 30.5 Å². The molecule has 0 radical (unpaired) electrons.